The van der Waals surface area contributed by atoms with Crippen LogP contribution in [0.5, 0.6) is 0 Å². The first-order chi connectivity index (χ1) is 8.39. The molecule has 1 rings (SSSR count). The van der Waals surface area contributed by atoms with Crippen molar-refractivity contribution in [2.75, 3.05) is 20.8 Å². The van der Waals surface area contributed by atoms with Gasteiger partial charge in [-0.15, -0.1) is 0 Å². The highest BCUT2D eigenvalue weighted by atomic mass is 79.9. The summed E-state index contributed by atoms with van der Waals surface area (Å²) in [6, 6.07) is 7.83. The maximum Gasteiger partial charge on any atom is 0.242 e. The Morgan fingerprint density at radius 1 is 1.28 bits per heavy atom. The van der Waals surface area contributed by atoms with Gasteiger partial charge in [0.15, 0.2) is 0 Å². The van der Waals surface area contributed by atoms with Crippen molar-refractivity contribution in [2.24, 2.45) is 0 Å². The van der Waals surface area contributed by atoms with Crippen LogP contribution in [0.3, 0.4) is 0 Å². The third-order valence-electron chi connectivity index (χ3n) is 2.58. The molecule has 0 aromatic heterocycles. The maximum atomic E-state index is 11.4. The summed E-state index contributed by atoms with van der Waals surface area (Å²) in [6.45, 7) is 7.28. The lowest BCUT2D eigenvalue weighted by atomic mass is 10.2. The van der Waals surface area contributed by atoms with Crippen molar-refractivity contribution in [3.63, 3.8) is 0 Å². The van der Waals surface area contributed by atoms with Crippen LogP contribution in [0.1, 0.15) is 20.8 Å². The molecule has 1 aromatic rings. The van der Waals surface area contributed by atoms with Crippen LogP contribution in [0.4, 0.5) is 11.4 Å². The number of rotatable bonds is 6. The van der Waals surface area contributed by atoms with Gasteiger partial charge in [-0.25, -0.2) is 8.42 Å². The summed E-state index contributed by atoms with van der Waals surface area (Å²) >= 11 is 2.94. The highest BCUT2D eigenvalue weighted by molar-refractivity contribution is 9.10. The second-order valence-corrected chi connectivity index (χ2v) is 7.28. The molecule has 0 heterocycles. The Kier molecular flexibility index (Phi) is 5.47. The smallest absolute Gasteiger partial charge is 0.242 e. The number of alkyl halides is 1. The molecule has 18 heavy (non-hydrogen) atoms. The molecule has 0 saturated carbocycles. The molecule has 0 unspecified atom stereocenters. The van der Waals surface area contributed by atoms with E-state index >= 15 is 0 Å². The summed E-state index contributed by atoms with van der Waals surface area (Å²) in [5, 5.41) is 0. The van der Waals surface area contributed by atoms with E-state index in [1.165, 1.54) is 0 Å². The number of nitrogens with zero attached hydrogens (tertiary/aromatic N) is 1. The third kappa shape index (κ3) is 4.17. The molecule has 102 valence electrons. The van der Waals surface area contributed by atoms with Gasteiger partial charge in [-0.1, -0.05) is 15.9 Å². The van der Waals surface area contributed by atoms with Crippen molar-refractivity contribution >= 4 is 37.3 Å². The Morgan fingerprint density at radius 3 is 2.22 bits per heavy atom. The molecule has 1 N–H and O–H groups in total. The Morgan fingerprint density at radius 2 is 1.83 bits per heavy atom. The summed E-state index contributed by atoms with van der Waals surface area (Å²) in [5.74, 6) is 0. The fourth-order valence-corrected chi connectivity index (χ4v) is 2.67. The van der Waals surface area contributed by atoms with E-state index in [4.69, 9.17) is 0 Å². The van der Waals surface area contributed by atoms with E-state index in [9.17, 15) is 8.42 Å². The standard InChI is InChI=1S/C12H19BrN2O2S/c1-4-15(10(2)3)12-7-5-11(6-8-12)14-18(16,17)9-13/h5-8,10,14H,4,9H2,1-3H3. The molecule has 0 fully saturated rings. The van der Waals surface area contributed by atoms with Crippen LogP contribution in [0.15, 0.2) is 24.3 Å². The van der Waals surface area contributed by atoms with Crippen LogP contribution >= 0.6 is 15.9 Å². The van der Waals surface area contributed by atoms with Crippen LogP contribution in [-0.2, 0) is 10.0 Å². The molecule has 6 heteroatoms. The average molecular weight is 335 g/mol. The Labute approximate surface area is 118 Å². The highest BCUT2D eigenvalue weighted by Gasteiger charge is 2.10. The first-order valence-corrected chi connectivity index (χ1v) is 8.60. The number of nitrogens with one attached hydrogen (secondary N) is 1. The minimum atomic E-state index is -3.27. The van der Waals surface area contributed by atoms with Crippen LogP contribution in [-0.4, -0.2) is 25.7 Å². The minimum absolute atomic E-state index is 0.102. The van der Waals surface area contributed by atoms with Gasteiger partial charge in [0.2, 0.25) is 10.0 Å². The Hall–Kier alpha value is -0.750. The second kappa shape index (κ2) is 6.43. The number of sulfonamides is 1. The van der Waals surface area contributed by atoms with E-state index < -0.39 is 10.0 Å². The lowest BCUT2D eigenvalue weighted by Crippen LogP contribution is -2.30. The molecular formula is C12H19BrN2O2S. The number of halogens is 1. The van der Waals surface area contributed by atoms with Crippen molar-refractivity contribution in [1.29, 1.82) is 0 Å². The molecule has 0 aliphatic rings. The molecule has 0 spiro atoms. The largest absolute Gasteiger partial charge is 0.369 e. The van der Waals surface area contributed by atoms with E-state index in [-0.39, 0.29) is 4.66 Å². The van der Waals surface area contributed by atoms with Crippen LogP contribution in [0.2, 0.25) is 0 Å². The van der Waals surface area contributed by atoms with Gasteiger partial charge in [0, 0.05) is 24.0 Å². The van der Waals surface area contributed by atoms with Crippen LogP contribution in [0, 0.1) is 0 Å². The molecule has 0 radical (unpaired) electrons. The van der Waals surface area contributed by atoms with Crippen molar-refractivity contribution < 1.29 is 8.42 Å². The van der Waals surface area contributed by atoms with Gasteiger partial charge in [0.1, 0.15) is 4.66 Å². The molecule has 0 atom stereocenters. The maximum absolute atomic E-state index is 11.4. The quantitative estimate of drug-likeness (QED) is 0.813. The van der Waals surface area contributed by atoms with Gasteiger partial charge in [-0.3, -0.25) is 4.72 Å². The van der Waals surface area contributed by atoms with Crippen LogP contribution < -0.4 is 9.62 Å². The minimum Gasteiger partial charge on any atom is -0.369 e. The number of hydrogen-bond donors (Lipinski definition) is 1. The van der Waals surface area contributed by atoms with Crippen LogP contribution in [0.25, 0.3) is 0 Å². The third-order valence-corrected chi connectivity index (χ3v) is 5.22. The first kappa shape index (κ1) is 15.3. The Bertz CT molecular complexity index is 471. The van der Waals surface area contributed by atoms with Crippen molar-refractivity contribution in [3.05, 3.63) is 24.3 Å². The zero-order chi connectivity index (χ0) is 13.8. The summed E-state index contributed by atoms with van der Waals surface area (Å²) in [7, 11) is -3.27. The lowest BCUT2D eigenvalue weighted by molar-refractivity contribution is 0.606. The molecular weight excluding hydrogens is 316 g/mol. The molecule has 0 bridgehead atoms. The zero-order valence-corrected chi connectivity index (χ0v) is 13.3. The fourth-order valence-electron chi connectivity index (χ4n) is 1.77. The van der Waals surface area contributed by atoms with Gasteiger partial charge in [0.05, 0.1) is 0 Å². The number of hydrogen-bond acceptors (Lipinski definition) is 3. The zero-order valence-electron chi connectivity index (χ0n) is 10.9. The van der Waals surface area contributed by atoms with E-state index in [2.05, 4.69) is 46.3 Å². The predicted molar refractivity (Wildman–Crippen MR) is 80.9 cm³/mol. The first-order valence-electron chi connectivity index (χ1n) is 5.82. The summed E-state index contributed by atoms with van der Waals surface area (Å²) in [4.78, 5) is 2.24. The Balaban J connectivity index is 2.86. The monoisotopic (exact) mass is 334 g/mol. The molecule has 0 aliphatic carbocycles. The van der Waals surface area contributed by atoms with E-state index in [1.807, 2.05) is 12.1 Å². The van der Waals surface area contributed by atoms with Crippen molar-refractivity contribution in [1.82, 2.24) is 0 Å². The van der Waals surface area contributed by atoms with Gasteiger partial charge in [-0.2, -0.15) is 0 Å². The summed E-state index contributed by atoms with van der Waals surface area (Å²) < 4.78 is 25.2. The van der Waals surface area contributed by atoms with E-state index in [0.717, 1.165) is 12.2 Å². The van der Waals surface area contributed by atoms with Gasteiger partial charge in [0.25, 0.3) is 0 Å². The highest BCUT2D eigenvalue weighted by Crippen LogP contribution is 2.20. The predicted octanol–water partition coefficient (Wildman–Crippen LogP) is 3.02. The topological polar surface area (TPSA) is 49.4 Å². The molecule has 4 nitrogen and oxygen atoms in total. The normalized spacial score (nSPS) is 11.6. The van der Waals surface area contributed by atoms with Gasteiger partial charge < -0.3 is 4.90 Å². The van der Waals surface area contributed by atoms with E-state index in [0.29, 0.717) is 11.7 Å². The van der Waals surface area contributed by atoms with Gasteiger partial charge in [-0.05, 0) is 45.0 Å². The molecule has 0 amide bonds. The molecule has 0 saturated heterocycles. The number of anilines is 2. The summed E-state index contributed by atoms with van der Waals surface area (Å²) in [6.07, 6.45) is 0. The molecule has 1 aromatic carbocycles. The summed E-state index contributed by atoms with van der Waals surface area (Å²) in [5.41, 5.74) is 1.67. The van der Waals surface area contributed by atoms with E-state index in [1.54, 1.807) is 12.1 Å². The molecule has 0 aliphatic heterocycles. The van der Waals surface area contributed by atoms with Gasteiger partial charge >= 0.3 is 0 Å². The number of benzene rings is 1. The van der Waals surface area contributed by atoms with Crippen molar-refractivity contribution in [2.45, 2.75) is 26.8 Å². The average Bonchev–Trinajstić information content (AvgIpc) is 2.31. The lowest BCUT2D eigenvalue weighted by Gasteiger charge is -2.27. The SMILES string of the molecule is CCN(c1ccc(NS(=O)(=O)CBr)cc1)C(C)C. The second-order valence-electron chi connectivity index (χ2n) is 4.25. The fraction of sp³-hybridized carbons (Fsp3) is 0.500. The van der Waals surface area contributed by atoms with Crippen molar-refractivity contribution in [3.8, 4) is 0 Å².